The van der Waals surface area contributed by atoms with Crippen molar-refractivity contribution >= 4 is 16.7 Å². The van der Waals surface area contributed by atoms with Crippen LogP contribution in [0.15, 0.2) is 48.5 Å². The Bertz CT molecular complexity index is 816. The second-order valence-electron chi connectivity index (χ2n) is 5.54. The third kappa shape index (κ3) is 2.68. The van der Waals surface area contributed by atoms with Gasteiger partial charge >= 0.3 is 0 Å². The summed E-state index contributed by atoms with van der Waals surface area (Å²) in [7, 11) is 1.73. The molecule has 0 saturated carbocycles. The van der Waals surface area contributed by atoms with Gasteiger partial charge in [-0.15, -0.1) is 0 Å². The molecule has 0 spiro atoms. The monoisotopic (exact) mass is 323 g/mol. The van der Waals surface area contributed by atoms with E-state index in [2.05, 4.69) is 21.4 Å². The quantitative estimate of drug-likeness (QED) is 0.735. The maximum atomic E-state index is 5.47. The van der Waals surface area contributed by atoms with Crippen molar-refractivity contribution < 1.29 is 4.74 Å². The Kier molecular flexibility index (Phi) is 3.71. The Balaban J connectivity index is 1.60. The summed E-state index contributed by atoms with van der Waals surface area (Å²) >= 11 is 1.47. The molecule has 116 valence electrons. The molecule has 1 aromatic heterocycles. The normalized spacial score (nSPS) is 13.7. The zero-order valence-electron chi connectivity index (χ0n) is 12.9. The fourth-order valence-corrected chi connectivity index (χ4v) is 3.69. The van der Waals surface area contributed by atoms with E-state index in [1.165, 1.54) is 22.7 Å². The van der Waals surface area contributed by atoms with Gasteiger partial charge in [0.2, 0.25) is 5.13 Å². The number of anilines is 1. The highest BCUT2D eigenvalue weighted by atomic mass is 32.1. The van der Waals surface area contributed by atoms with E-state index in [-0.39, 0.29) is 0 Å². The van der Waals surface area contributed by atoms with Crippen LogP contribution in [0.2, 0.25) is 0 Å². The molecule has 1 aliphatic heterocycles. The zero-order chi connectivity index (χ0) is 15.6. The molecule has 2 aromatic carbocycles. The van der Waals surface area contributed by atoms with Crippen LogP contribution in [0.1, 0.15) is 11.1 Å². The van der Waals surface area contributed by atoms with Crippen molar-refractivity contribution in [3.05, 3.63) is 59.7 Å². The highest BCUT2D eigenvalue weighted by Gasteiger charge is 2.22. The lowest BCUT2D eigenvalue weighted by atomic mass is 9.99. The summed E-state index contributed by atoms with van der Waals surface area (Å²) in [5.41, 5.74) is 3.69. The lowest BCUT2D eigenvalue weighted by molar-refractivity contribution is 0.407. The Morgan fingerprint density at radius 3 is 2.78 bits per heavy atom. The van der Waals surface area contributed by atoms with Gasteiger partial charge in [0.25, 0.3) is 0 Å². The van der Waals surface area contributed by atoms with Gasteiger partial charge in [-0.25, -0.2) is 0 Å². The third-order valence-electron chi connectivity index (χ3n) is 4.16. The zero-order valence-corrected chi connectivity index (χ0v) is 13.7. The minimum Gasteiger partial charge on any atom is -0.496 e. The SMILES string of the molecule is COc1cccc2c1CCN(c1nc(-c3ccccc3)ns1)C2. The second-order valence-corrected chi connectivity index (χ2v) is 6.27. The van der Waals surface area contributed by atoms with E-state index >= 15 is 0 Å². The van der Waals surface area contributed by atoms with Crippen molar-refractivity contribution in [3.8, 4) is 17.1 Å². The maximum Gasteiger partial charge on any atom is 0.205 e. The Morgan fingerprint density at radius 1 is 1.09 bits per heavy atom. The van der Waals surface area contributed by atoms with Gasteiger partial charge in [-0.1, -0.05) is 42.5 Å². The maximum absolute atomic E-state index is 5.47. The van der Waals surface area contributed by atoms with Gasteiger partial charge in [0.1, 0.15) is 5.75 Å². The first-order valence-corrected chi connectivity index (χ1v) is 8.41. The number of benzene rings is 2. The van der Waals surface area contributed by atoms with Gasteiger partial charge in [-0.2, -0.15) is 9.36 Å². The summed E-state index contributed by atoms with van der Waals surface area (Å²) < 4.78 is 9.99. The van der Waals surface area contributed by atoms with E-state index in [0.29, 0.717) is 0 Å². The van der Waals surface area contributed by atoms with Crippen molar-refractivity contribution in [2.24, 2.45) is 0 Å². The van der Waals surface area contributed by atoms with Gasteiger partial charge in [0, 0.05) is 35.7 Å². The molecule has 4 nitrogen and oxygen atoms in total. The van der Waals surface area contributed by atoms with Crippen LogP contribution in [0.3, 0.4) is 0 Å². The summed E-state index contributed by atoms with van der Waals surface area (Å²) in [4.78, 5) is 7.02. The lowest BCUT2D eigenvalue weighted by Crippen LogP contribution is -2.30. The number of methoxy groups -OCH3 is 1. The van der Waals surface area contributed by atoms with Gasteiger partial charge in [0.05, 0.1) is 7.11 Å². The molecule has 23 heavy (non-hydrogen) atoms. The smallest absolute Gasteiger partial charge is 0.205 e. The number of hydrogen-bond acceptors (Lipinski definition) is 5. The number of aromatic nitrogens is 2. The average molecular weight is 323 g/mol. The second kappa shape index (κ2) is 6.01. The molecule has 0 amide bonds. The topological polar surface area (TPSA) is 38.2 Å². The molecule has 0 saturated heterocycles. The van der Waals surface area contributed by atoms with E-state index in [9.17, 15) is 0 Å². The molecular formula is C18H17N3OS. The van der Waals surface area contributed by atoms with E-state index in [0.717, 1.165) is 41.8 Å². The van der Waals surface area contributed by atoms with Gasteiger partial charge < -0.3 is 9.64 Å². The predicted molar refractivity (Wildman–Crippen MR) is 93.1 cm³/mol. The van der Waals surface area contributed by atoms with Crippen LogP contribution in [0, 0.1) is 0 Å². The number of hydrogen-bond donors (Lipinski definition) is 0. The van der Waals surface area contributed by atoms with Crippen LogP contribution in [0.5, 0.6) is 5.75 Å². The highest BCUT2D eigenvalue weighted by molar-refractivity contribution is 7.09. The van der Waals surface area contributed by atoms with Crippen LogP contribution in [0.4, 0.5) is 5.13 Å². The summed E-state index contributed by atoms with van der Waals surface area (Å²) in [5.74, 6) is 1.80. The molecule has 4 rings (SSSR count). The first-order valence-electron chi connectivity index (χ1n) is 7.64. The summed E-state index contributed by atoms with van der Waals surface area (Å²) in [6, 6.07) is 16.4. The predicted octanol–water partition coefficient (Wildman–Crippen LogP) is 3.78. The minimum absolute atomic E-state index is 0.807. The van der Waals surface area contributed by atoms with E-state index < -0.39 is 0 Å². The first-order chi connectivity index (χ1) is 11.3. The fourth-order valence-electron chi connectivity index (χ4n) is 2.98. The van der Waals surface area contributed by atoms with Crippen LogP contribution < -0.4 is 9.64 Å². The summed E-state index contributed by atoms with van der Waals surface area (Å²) in [5, 5.41) is 0.984. The molecule has 0 bridgehead atoms. The van der Waals surface area contributed by atoms with Crippen molar-refractivity contribution in [2.45, 2.75) is 13.0 Å². The van der Waals surface area contributed by atoms with E-state index in [1.807, 2.05) is 36.4 Å². The lowest BCUT2D eigenvalue weighted by Gasteiger charge is -2.29. The molecular weight excluding hydrogens is 306 g/mol. The summed E-state index contributed by atoms with van der Waals surface area (Å²) in [6.07, 6.45) is 0.972. The minimum atomic E-state index is 0.807. The highest BCUT2D eigenvalue weighted by Crippen LogP contribution is 2.32. The molecule has 0 unspecified atom stereocenters. The number of ether oxygens (including phenoxy) is 1. The Morgan fingerprint density at radius 2 is 1.96 bits per heavy atom. The van der Waals surface area contributed by atoms with Crippen LogP contribution in [-0.2, 0) is 13.0 Å². The van der Waals surface area contributed by atoms with Crippen molar-refractivity contribution in [3.63, 3.8) is 0 Å². The van der Waals surface area contributed by atoms with Crippen molar-refractivity contribution in [1.82, 2.24) is 9.36 Å². The van der Waals surface area contributed by atoms with Gasteiger partial charge in [0.15, 0.2) is 5.82 Å². The Hall–Kier alpha value is -2.40. The molecule has 0 aliphatic carbocycles. The number of rotatable bonds is 3. The van der Waals surface area contributed by atoms with Crippen LogP contribution in [0.25, 0.3) is 11.4 Å². The van der Waals surface area contributed by atoms with Gasteiger partial charge in [-0.3, -0.25) is 0 Å². The van der Waals surface area contributed by atoms with Crippen molar-refractivity contribution in [2.75, 3.05) is 18.6 Å². The molecule has 3 aromatic rings. The largest absolute Gasteiger partial charge is 0.496 e. The molecule has 5 heteroatoms. The standard InChI is InChI=1S/C18H17N3OS/c1-22-16-9-5-8-14-12-21(11-10-15(14)16)18-19-17(20-23-18)13-6-3-2-4-7-13/h2-9H,10-12H2,1H3. The third-order valence-corrected chi connectivity index (χ3v) is 4.94. The van der Waals surface area contributed by atoms with Gasteiger partial charge in [-0.05, 0) is 18.1 Å². The van der Waals surface area contributed by atoms with Crippen LogP contribution in [-0.4, -0.2) is 23.0 Å². The van der Waals surface area contributed by atoms with E-state index in [4.69, 9.17) is 9.72 Å². The Labute approximate surface area is 139 Å². The molecule has 0 atom stereocenters. The molecule has 0 radical (unpaired) electrons. The van der Waals surface area contributed by atoms with Crippen molar-refractivity contribution in [1.29, 1.82) is 0 Å². The van der Waals surface area contributed by atoms with E-state index in [1.54, 1.807) is 7.11 Å². The molecule has 0 fully saturated rings. The summed E-state index contributed by atoms with van der Waals surface area (Å²) in [6.45, 7) is 1.80. The molecule has 2 heterocycles. The molecule has 0 N–H and O–H groups in total. The first kappa shape index (κ1) is 14.2. The van der Waals surface area contributed by atoms with Crippen LogP contribution >= 0.6 is 11.5 Å². The molecule has 1 aliphatic rings. The number of nitrogens with zero attached hydrogens (tertiary/aromatic N) is 3. The fraction of sp³-hybridized carbons (Fsp3) is 0.222. The number of fused-ring (bicyclic) bond motifs is 1. The average Bonchev–Trinajstić information content (AvgIpc) is 3.11.